The molecule has 0 aromatic carbocycles. The third-order valence-corrected chi connectivity index (χ3v) is 3.72. The Hall–Kier alpha value is -1.58. The van der Waals surface area contributed by atoms with Crippen molar-refractivity contribution in [3.05, 3.63) is 23.9 Å². The van der Waals surface area contributed by atoms with Crippen LogP contribution in [0, 0.1) is 0 Å². The maximum absolute atomic E-state index is 11.9. The van der Waals surface area contributed by atoms with E-state index in [4.69, 9.17) is 4.74 Å². The molecular weight excluding hydrogens is 216 g/mol. The van der Waals surface area contributed by atoms with Crippen LogP contribution in [0.25, 0.3) is 0 Å². The second kappa shape index (κ2) is 3.72. The summed E-state index contributed by atoms with van der Waals surface area (Å²) < 4.78 is 5.12. The van der Waals surface area contributed by atoms with Gasteiger partial charge in [0.25, 0.3) is 0 Å². The van der Waals surface area contributed by atoms with Crippen LogP contribution in [0.1, 0.15) is 31.7 Å². The molecule has 1 saturated carbocycles. The lowest BCUT2D eigenvalue weighted by molar-refractivity contribution is 0.125. The topological polar surface area (TPSA) is 42.4 Å². The van der Waals surface area contributed by atoms with E-state index < -0.39 is 0 Å². The zero-order chi connectivity index (χ0) is 11.9. The van der Waals surface area contributed by atoms with Crippen LogP contribution < -0.4 is 4.90 Å². The summed E-state index contributed by atoms with van der Waals surface area (Å²) >= 11 is 0. The Labute approximate surface area is 101 Å². The first-order chi connectivity index (χ1) is 8.25. The highest BCUT2D eigenvalue weighted by Crippen LogP contribution is 2.48. The molecule has 2 heterocycles. The number of carbonyl (C=O) groups is 1. The first kappa shape index (κ1) is 10.6. The van der Waals surface area contributed by atoms with E-state index in [1.165, 1.54) is 5.56 Å². The van der Waals surface area contributed by atoms with Gasteiger partial charge in [0.1, 0.15) is 5.82 Å². The van der Waals surface area contributed by atoms with Crippen LogP contribution in [0.4, 0.5) is 10.6 Å². The van der Waals surface area contributed by atoms with Gasteiger partial charge in [-0.05, 0) is 30.9 Å². The van der Waals surface area contributed by atoms with Gasteiger partial charge in [0.2, 0.25) is 0 Å². The average molecular weight is 232 g/mol. The molecule has 90 valence electrons. The maximum Gasteiger partial charge on any atom is 0.416 e. The standard InChI is InChI=1S/C13H16N2O2/c1-2-10-3-4-11(14-9-10)15-12(16)17-8-7-13(15)5-6-13/h3-4,9H,2,5-8H2,1H3. The van der Waals surface area contributed by atoms with Crippen molar-refractivity contribution < 1.29 is 9.53 Å². The zero-order valence-electron chi connectivity index (χ0n) is 9.98. The summed E-state index contributed by atoms with van der Waals surface area (Å²) in [6, 6.07) is 3.95. The zero-order valence-corrected chi connectivity index (χ0v) is 9.98. The second-order valence-electron chi connectivity index (χ2n) is 4.80. The predicted molar refractivity (Wildman–Crippen MR) is 64.0 cm³/mol. The van der Waals surface area contributed by atoms with Crippen molar-refractivity contribution in [2.75, 3.05) is 11.5 Å². The van der Waals surface area contributed by atoms with Gasteiger partial charge in [-0.1, -0.05) is 13.0 Å². The van der Waals surface area contributed by atoms with Gasteiger partial charge in [0, 0.05) is 12.6 Å². The monoisotopic (exact) mass is 232 g/mol. The summed E-state index contributed by atoms with van der Waals surface area (Å²) in [7, 11) is 0. The summed E-state index contributed by atoms with van der Waals surface area (Å²) in [5, 5.41) is 0. The van der Waals surface area contributed by atoms with Crippen LogP contribution in [0.2, 0.25) is 0 Å². The third-order valence-electron chi connectivity index (χ3n) is 3.72. The van der Waals surface area contributed by atoms with Gasteiger partial charge in [0.05, 0.1) is 12.1 Å². The lowest BCUT2D eigenvalue weighted by Crippen LogP contribution is -2.48. The number of carbonyl (C=O) groups excluding carboxylic acids is 1. The molecule has 1 aliphatic carbocycles. The van der Waals surface area contributed by atoms with Crippen molar-refractivity contribution >= 4 is 11.9 Å². The highest BCUT2D eigenvalue weighted by molar-refractivity contribution is 5.89. The van der Waals surface area contributed by atoms with E-state index >= 15 is 0 Å². The molecule has 0 unspecified atom stereocenters. The number of amides is 1. The molecule has 2 fully saturated rings. The van der Waals surface area contributed by atoms with Crippen molar-refractivity contribution in [2.24, 2.45) is 0 Å². The molecule has 1 aromatic heterocycles. The van der Waals surface area contributed by atoms with Gasteiger partial charge < -0.3 is 4.74 Å². The van der Waals surface area contributed by atoms with Gasteiger partial charge in [-0.2, -0.15) is 0 Å². The third kappa shape index (κ3) is 1.68. The molecule has 1 amide bonds. The van der Waals surface area contributed by atoms with Crippen molar-refractivity contribution in [1.82, 2.24) is 4.98 Å². The van der Waals surface area contributed by atoms with E-state index in [0.717, 1.165) is 31.5 Å². The van der Waals surface area contributed by atoms with Gasteiger partial charge in [-0.15, -0.1) is 0 Å². The highest BCUT2D eigenvalue weighted by atomic mass is 16.6. The molecule has 1 spiro atoms. The Morgan fingerprint density at radius 1 is 1.41 bits per heavy atom. The molecule has 1 aromatic rings. The Kier molecular flexibility index (Phi) is 2.31. The largest absolute Gasteiger partial charge is 0.449 e. The molecule has 1 aliphatic heterocycles. The molecule has 0 atom stereocenters. The molecule has 17 heavy (non-hydrogen) atoms. The van der Waals surface area contributed by atoms with Crippen molar-refractivity contribution in [1.29, 1.82) is 0 Å². The number of rotatable bonds is 2. The Morgan fingerprint density at radius 2 is 2.24 bits per heavy atom. The SMILES string of the molecule is CCc1ccc(N2C(=O)OCCC23CC3)nc1. The summed E-state index contributed by atoms with van der Waals surface area (Å²) in [5.41, 5.74) is 1.19. The van der Waals surface area contributed by atoms with E-state index in [2.05, 4.69) is 11.9 Å². The molecule has 2 aliphatic rings. The van der Waals surface area contributed by atoms with Crippen LogP contribution >= 0.6 is 0 Å². The van der Waals surface area contributed by atoms with Crippen molar-refractivity contribution in [3.8, 4) is 0 Å². The summed E-state index contributed by atoms with van der Waals surface area (Å²) in [6.07, 6.45) is 5.62. The van der Waals surface area contributed by atoms with E-state index in [-0.39, 0.29) is 11.6 Å². The average Bonchev–Trinajstić information content (AvgIpc) is 3.10. The number of cyclic esters (lactones) is 1. The minimum absolute atomic E-state index is 0.00998. The fraction of sp³-hybridized carbons (Fsp3) is 0.538. The fourth-order valence-corrected chi connectivity index (χ4v) is 2.41. The van der Waals surface area contributed by atoms with Crippen LogP contribution in [-0.2, 0) is 11.2 Å². The van der Waals surface area contributed by atoms with E-state index in [1.54, 1.807) is 4.90 Å². The summed E-state index contributed by atoms with van der Waals surface area (Å²) in [5.74, 6) is 0.726. The molecule has 0 radical (unpaired) electrons. The number of anilines is 1. The molecule has 3 rings (SSSR count). The Bertz CT molecular complexity index is 437. The lowest BCUT2D eigenvalue weighted by Gasteiger charge is -2.34. The minimum Gasteiger partial charge on any atom is -0.449 e. The number of hydrogen-bond donors (Lipinski definition) is 0. The van der Waals surface area contributed by atoms with Crippen LogP contribution in [0.15, 0.2) is 18.3 Å². The van der Waals surface area contributed by atoms with Crippen LogP contribution in [-0.4, -0.2) is 23.2 Å². The van der Waals surface area contributed by atoms with Crippen molar-refractivity contribution in [3.63, 3.8) is 0 Å². The molecule has 0 bridgehead atoms. The number of hydrogen-bond acceptors (Lipinski definition) is 3. The molecule has 0 N–H and O–H groups in total. The van der Waals surface area contributed by atoms with E-state index in [0.29, 0.717) is 6.61 Å². The summed E-state index contributed by atoms with van der Waals surface area (Å²) in [6.45, 7) is 2.64. The highest BCUT2D eigenvalue weighted by Gasteiger charge is 2.54. The number of pyridine rings is 1. The van der Waals surface area contributed by atoms with Crippen LogP contribution in [0.3, 0.4) is 0 Å². The Balaban J connectivity index is 1.92. The molecule has 1 saturated heterocycles. The first-order valence-electron chi connectivity index (χ1n) is 6.17. The minimum atomic E-state index is -0.245. The Morgan fingerprint density at radius 3 is 2.82 bits per heavy atom. The lowest BCUT2D eigenvalue weighted by atomic mass is 10.1. The number of ether oxygens (including phenoxy) is 1. The van der Waals surface area contributed by atoms with E-state index in [9.17, 15) is 4.79 Å². The van der Waals surface area contributed by atoms with Gasteiger partial charge in [-0.3, -0.25) is 4.90 Å². The van der Waals surface area contributed by atoms with E-state index in [1.807, 2.05) is 18.3 Å². The van der Waals surface area contributed by atoms with Crippen molar-refractivity contribution in [2.45, 2.75) is 38.1 Å². The first-order valence-corrected chi connectivity index (χ1v) is 6.17. The van der Waals surface area contributed by atoms with Gasteiger partial charge in [0.15, 0.2) is 0 Å². The summed E-state index contributed by atoms with van der Waals surface area (Å²) in [4.78, 5) is 18.0. The number of aromatic nitrogens is 1. The normalized spacial score (nSPS) is 21.5. The van der Waals surface area contributed by atoms with Crippen LogP contribution in [0.5, 0.6) is 0 Å². The predicted octanol–water partition coefficient (Wildman–Crippen LogP) is 2.52. The smallest absolute Gasteiger partial charge is 0.416 e. The van der Waals surface area contributed by atoms with Gasteiger partial charge >= 0.3 is 6.09 Å². The fourth-order valence-electron chi connectivity index (χ4n) is 2.41. The number of aryl methyl sites for hydroxylation is 1. The molecule has 4 heteroatoms. The second-order valence-corrected chi connectivity index (χ2v) is 4.80. The quantitative estimate of drug-likeness (QED) is 0.786. The molecular formula is C13H16N2O2. The maximum atomic E-state index is 11.9. The molecule has 4 nitrogen and oxygen atoms in total. The number of nitrogens with zero attached hydrogens (tertiary/aromatic N) is 2. The van der Waals surface area contributed by atoms with Gasteiger partial charge in [-0.25, -0.2) is 9.78 Å².